The highest BCUT2D eigenvalue weighted by atomic mass is 16.2. The molecule has 0 radical (unpaired) electrons. The van der Waals surface area contributed by atoms with Crippen LogP contribution in [0.1, 0.15) is 36.1 Å². The number of piperazine rings is 1. The molecule has 0 aliphatic carbocycles. The zero-order chi connectivity index (χ0) is 33.1. The van der Waals surface area contributed by atoms with Crippen molar-refractivity contribution in [3.8, 4) is 0 Å². The van der Waals surface area contributed by atoms with E-state index in [1.807, 2.05) is 86.6 Å². The van der Waals surface area contributed by atoms with Gasteiger partial charge in [0, 0.05) is 31.1 Å². The third-order valence-electron chi connectivity index (χ3n) is 8.88. The van der Waals surface area contributed by atoms with Crippen LogP contribution in [-0.4, -0.2) is 81.0 Å². The van der Waals surface area contributed by atoms with Crippen LogP contribution in [0.4, 0.5) is 4.79 Å². The second-order valence-electron chi connectivity index (χ2n) is 12.3. The molecule has 0 saturated carbocycles. The summed E-state index contributed by atoms with van der Waals surface area (Å²) in [5, 5.41) is 16.4. The predicted molar refractivity (Wildman–Crippen MR) is 179 cm³/mol. The first-order valence-corrected chi connectivity index (χ1v) is 15.8. The Morgan fingerprint density at radius 3 is 2.36 bits per heavy atom. The molecule has 2 saturated heterocycles. The lowest BCUT2D eigenvalue weighted by Crippen LogP contribution is -2.66. The Morgan fingerprint density at radius 1 is 0.936 bits per heavy atom. The molecule has 6 rings (SSSR count). The van der Waals surface area contributed by atoms with E-state index >= 15 is 0 Å². The topological polar surface area (TPSA) is 117 Å². The average molecular weight is 631 g/mol. The van der Waals surface area contributed by atoms with Gasteiger partial charge in [-0.1, -0.05) is 97.1 Å². The van der Waals surface area contributed by atoms with Gasteiger partial charge in [0.1, 0.15) is 17.9 Å². The van der Waals surface area contributed by atoms with E-state index in [1.54, 1.807) is 44.1 Å². The molecule has 0 aromatic heterocycles. The minimum Gasteiger partial charge on any atom is -0.333 e. The largest absolute Gasteiger partial charge is 0.333 e. The van der Waals surface area contributed by atoms with E-state index in [9.17, 15) is 19.2 Å². The minimum atomic E-state index is -0.806. The van der Waals surface area contributed by atoms with Gasteiger partial charge in [-0.3, -0.25) is 24.8 Å². The number of nitrogens with one attached hydrogen (secondary N) is 2. The maximum atomic E-state index is 14.3. The molecule has 2 N–H and O–H groups in total. The van der Waals surface area contributed by atoms with Crippen molar-refractivity contribution in [2.24, 2.45) is 0 Å². The van der Waals surface area contributed by atoms with Gasteiger partial charge in [0.05, 0.1) is 13.1 Å². The van der Waals surface area contributed by atoms with Gasteiger partial charge in [-0.15, -0.1) is 0 Å². The summed E-state index contributed by atoms with van der Waals surface area (Å²) < 4.78 is 0. The molecule has 240 valence electrons. The SMILES string of the molecule is CC(C)N(C(=O)NCc1ccccc1)N1CC(=O)N2[C@@H](Cc3ccc(C(=N)C=O)cc3)C(=O)N(Cc3cccc4ccccc34)C[C@@H]21. The summed E-state index contributed by atoms with van der Waals surface area (Å²) in [6.07, 6.45) is 0.175. The smallest absolute Gasteiger partial charge is 0.332 e. The molecule has 47 heavy (non-hydrogen) atoms. The second-order valence-corrected chi connectivity index (χ2v) is 12.3. The molecule has 2 atom stereocenters. The Morgan fingerprint density at radius 2 is 1.64 bits per heavy atom. The van der Waals surface area contributed by atoms with Gasteiger partial charge >= 0.3 is 6.03 Å². The van der Waals surface area contributed by atoms with Crippen molar-refractivity contribution in [3.63, 3.8) is 0 Å². The maximum absolute atomic E-state index is 14.3. The lowest BCUT2D eigenvalue weighted by Gasteiger charge is -2.47. The van der Waals surface area contributed by atoms with Crippen molar-refractivity contribution in [2.75, 3.05) is 13.1 Å². The van der Waals surface area contributed by atoms with E-state index in [1.165, 1.54) is 0 Å². The molecule has 2 fully saturated rings. The first kappa shape index (κ1) is 31.6. The number of hydrogen-bond donors (Lipinski definition) is 2. The highest BCUT2D eigenvalue weighted by Crippen LogP contribution is 2.32. The van der Waals surface area contributed by atoms with Crippen molar-refractivity contribution in [1.82, 2.24) is 25.1 Å². The van der Waals surface area contributed by atoms with E-state index in [0.29, 0.717) is 24.9 Å². The van der Waals surface area contributed by atoms with Gasteiger partial charge in [-0.05, 0) is 41.3 Å². The number of rotatable bonds is 10. The molecule has 4 aromatic rings. The molecule has 4 aromatic carbocycles. The van der Waals surface area contributed by atoms with Gasteiger partial charge < -0.3 is 15.1 Å². The van der Waals surface area contributed by atoms with Gasteiger partial charge in [0.15, 0.2) is 6.29 Å². The standard InChI is InChI=1S/C37H38N6O4/c1-25(2)43(37(47)39-20-27-9-4-3-5-10-27)41-23-35(45)42-33(19-26-15-17-29(18-16-26)32(38)24-44)36(46)40(22-34(41)42)21-30-13-8-12-28-11-6-7-14-31(28)30/h3-18,24-25,33-34,38H,19-23H2,1-2H3,(H,39,47)/t33-,34+/m0/s1. The second kappa shape index (κ2) is 13.6. The number of hydrazine groups is 1. The Kier molecular flexibility index (Phi) is 9.12. The van der Waals surface area contributed by atoms with Gasteiger partial charge in [0.25, 0.3) is 0 Å². The molecule has 0 spiro atoms. The van der Waals surface area contributed by atoms with Gasteiger partial charge in [-0.25, -0.2) is 4.79 Å². The van der Waals surface area contributed by atoms with E-state index in [2.05, 4.69) is 5.32 Å². The number of carbonyl (C=O) groups excluding carboxylic acids is 4. The summed E-state index contributed by atoms with van der Waals surface area (Å²) in [6, 6.07) is 29.3. The summed E-state index contributed by atoms with van der Waals surface area (Å²) in [5.41, 5.74) is 3.10. The summed E-state index contributed by atoms with van der Waals surface area (Å²) >= 11 is 0. The average Bonchev–Trinajstić information content (AvgIpc) is 3.40. The molecule has 0 unspecified atom stereocenters. The van der Waals surface area contributed by atoms with Crippen LogP contribution in [0.15, 0.2) is 97.1 Å². The van der Waals surface area contributed by atoms with Crippen LogP contribution in [0.2, 0.25) is 0 Å². The first-order chi connectivity index (χ1) is 22.7. The molecule has 2 aliphatic rings. The Hall–Kier alpha value is -5.35. The molecular weight excluding hydrogens is 592 g/mol. The van der Waals surface area contributed by atoms with Crippen molar-refractivity contribution in [3.05, 3.63) is 119 Å². The number of fused-ring (bicyclic) bond motifs is 2. The quantitative estimate of drug-likeness (QED) is 0.200. The van der Waals surface area contributed by atoms with E-state index in [-0.39, 0.29) is 49.1 Å². The predicted octanol–water partition coefficient (Wildman–Crippen LogP) is 4.37. The summed E-state index contributed by atoms with van der Waals surface area (Å²) in [7, 11) is 0. The first-order valence-electron chi connectivity index (χ1n) is 15.8. The van der Waals surface area contributed by atoms with E-state index in [4.69, 9.17) is 5.41 Å². The molecule has 10 nitrogen and oxygen atoms in total. The van der Waals surface area contributed by atoms with Gasteiger partial charge in [-0.2, -0.15) is 5.01 Å². The number of benzene rings is 4. The Bertz CT molecular complexity index is 1800. The number of nitrogens with zero attached hydrogens (tertiary/aromatic N) is 4. The zero-order valence-electron chi connectivity index (χ0n) is 26.5. The van der Waals surface area contributed by atoms with Crippen LogP contribution in [-0.2, 0) is 33.9 Å². The van der Waals surface area contributed by atoms with Crippen LogP contribution in [0, 0.1) is 5.41 Å². The molecular formula is C37H38N6O4. The van der Waals surface area contributed by atoms with Crippen LogP contribution >= 0.6 is 0 Å². The van der Waals surface area contributed by atoms with Crippen LogP contribution in [0.25, 0.3) is 10.8 Å². The monoisotopic (exact) mass is 630 g/mol. The Labute approximate surface area is 274 Å². The van der Waals surface area contributed by atoms with Crippen molar-refractivity contribution >= 4 is 40.6 Å². The van der Waals surface area contributed by atoms with Gasteiger partial charge in [0.2, 0.25) is 11.8 Å². The third kappa shape index (κ3) is 6.50. The fraction of sp³-hybridized carbons (Fsp3) is 0.270. The molecule has 10 heteroatoms. The number of urea groups is 1. The maximum Gasteiger partial charge on any atom is 0.332 e. The van der Waals surface area contributed by atoms with Crippen molar-refractivity contribution < 1.29 is 19.2 Å². The summed E-state index contributed by atoms with van der Waals surface area (Å²) in [5.74, 6) is -0.391. The fourth-order valence-corrected chi connectivity index (χ4v) is 6.61. The molecule has 4 amide bonds. The zero-order valence-corrected chi connectivity index (χ0v) is 26.5. The fourth-order valence-electron chi connectivity index (χ4n) is 6.61. The lowest BCUT2D eigenvalue weighted by molar-refractivity contribution is -0.158. The van der Waals surface area contributed by atoms with Crippen LogP contribution < -0.4 is 5.32 Å². The molecule has 2 heterocycles. The molecule has 0 bridgehead atoms. The van der Waals surface area contributed by atoms with E-state index < -0.39 is 12.2 Å². The van der Waals surface area contributed by atoms with Crippen LogP contribution in [0.5, 0.6) is 0 Å². The normalized spacial score (nSPS) is 18.0. The number of amides is 4. The minimum absolute atomic E-state index is 0.0388. The third-order valence-corrected chi connectivity index (χ3v) is 8.88. The number of hydrogen-bond acceptors (Lipinski definition) is 6. The number of carbonyl (C=O) groups is 4. The lowest BCUT2D eigenvalue weighted by atomic mass is 9.98. The van der Waals surface area contributed by atoms with E-state index in [0.717, 1.165) is 27.5 Å². The highest BCUT2D eigenvalue weighted by Gasteiger charge is 2.52. The highest BCUT2D eigenvalue weighted by molar-refractivity contribution is 6.34. The molecule has 2 aliphatic heterocycles. The summed E-state index contributed by atoms with van der Waals surface area (Å²) in [6.45, 7) is 4.70. The van der Waals surface area contributed by atoms with Crippen LogP contribution in [0.3, 0.4) is 0 Å². The van der Waals surface area contributed by atoms with Crippen molar-refractivity contribution in [1.29, 1.82) is 5.41 Å². The summed E-state index contributed by atoms with van der Waals surface area (Å²) in [4.78, 5) is 56.4. The van der Waals surface area contributed by atoms with Crippen molar-refractivity contribution in [2.45, 2.75) is 51.6 Å². The number of aldehydes is 1. The Balaban J connectivity index is 1.33.